The molecule has 0 aliphatic carbocycles. The maximum Gasteiger partial charge on any atom is 0.119 e. The molecule has 0 amide bonds. The summed E-state index contributed by atoms with van der Waals surface area (Å²) in [6, 6.07) is 17.9. The lowest BCUT2D eigenvalue weighted by molar-refractivity contribution is 0.199. The van der Waals surface area contributed by atoms with Crippen molar-refractivity contribution >= 4 is 11.8 Å². The molecule has 0 radical (unpaired) electrons. The summed E-state index contributed by atoms with van der Waals surface area (Å²) < 4.78 is 5.66. The van der Waals surface area contributed by atoms with Crippen LogP contribution in [0.5, 0.6) is 5.75 Å². The molecule has 0 saturated heterocycles. The second-order valence-electron chi connectivity index (χ2n) is 4.25. The van der Waals surface area contributed by atoms with Crippen LogP contribution in [0.15, 0.2) is 59.5 Å². The zero-order valence-corrected chi connectivity index (χ0v) is 11.8. The molecular weight excluding hydrogens is 256 g/mol. The molecule has 0 saturated carbocycles. The van der Waals surface area contributed by atoms with Gasteiger partial charge in [-0.05, 0) is 36.8 Å². The van der Waals surface area contributed by atoms with Crippen molar-refractivity contribution in [2.45, 2.75) is 17.9 Å². The van der Waals surface area contributed by atoms with Crippen molar-refractivity contribution in [2.24, 2.45) is 0 Å². The number of rotatable bonds is 6. The molecule has 0 bridgehead atoms. The second kappa shape index (κ2) is 7.22. The number of hydrogen-bond acceptors (Lipinski definition) is 3. The van der Waals surface area contributed by atoms with Gasteiger partial charge in [-0.25, -0.2) is 0 Å². The van der Waals surface area contributed by atoms with Crippen LogP contribution in [0.4, 0.5) is 0 Å². The van der Waals surface area contributed by atoms with Crippen LogP contribution in [0.3, 0.4) is 0 Å². The number of benzene rings is 2. The van der Waals surface area contributed by atoms with E-state index in [1.807, 2.05) is 42.5 Å². The van der Waals surface area contributed by atoms with E-state index in [2.05, 4.69) is 12.1 Å². The Morgan fingerprint density at radius 2 is 1.74 bits per heavy atom. The average Bonchev–Trinajstić information content (AvgIpc) is 2.45. The standard InChI is InChI=1S/C16H18O2S/c1-13(17)14-7-9-15(10-8-14)18-11-12-19-16-5-3-2-4-6-16/h2-10,13,17H,11-12H2,1H3/t13-/m0/s1. The van der Waals surface area contributed by atoms with Gasteiger partial charge in [0.2, 0.25) is 0 Å². The quantitative estimate of drug-likeness (QED) is 0.639. The van der Waals surface area contributed by atoms with Gasteiger partial charge >= 0.3 is 0 Å². The number of aliphatic hydroxyl groups is 1. The van der Waals surface area contributed by atoms with Crippen molar-refractivity contribution in [2.75, 3.05) is 12.4 Å². The van der Waals surface area contributed by atoms with Crippen molar-refractivity contribution in [1.29, 1.82) is 0 Å². The molecule has 0 aliphatic rings. The minimum absolute atomic E-state index is 0.428. The molecule has 2 aromatic carbocycles. The number of ether oxygens (including phenoxy) is 1. The van der Waals surface area contributed by atoms with Gasteiger partial charge in [-0.2, -0.15) is 0 Å². The molecule has 2 aromatic rings. The summed E-state index contributed by atoms with van der Waals surface area (Å²) in [6.07, 6.45) is -0.428. The molecule has 0 unspecified atom stereocenters. The van der Waals surface area contributed by atoms with Crippen LogP contribution in [0.25, 0.3) is 0 Å². The molecule has 100 valence electrons. The van der Waals surface area contributed by atoms with Crippen LogP contribution in [0, 0.1) is 0 Å². The maximum absolute atomic E-state index is 9.41. The third-order valence-corrected chi connectivity index (χ3v) is 3.70. The van der Waals surface area contributed by atoms with Gasteiger partial charge in [-0.15, -0.1) is 11.8 Å². The van der Waals surface area contributed by atoms with E-state index in [0.717, 1.165) is 17.1 Å². The molecule has 0 heterocycles. The first-order chi connectivity index (χ1) is 9.25. The first kappa shape index (κ1) is 14.0. The normalized spacial score (nSPS) is 12.1. The Morgan fingerprint density at radius 1 is 1.05 bits per heavy atom. The first-order valence-electron chi connectivity index (χ1n) is 6.34. The minimum atomic E-state index is -0.428. The van der Waals surface area contributed by atoms with Crippen LogP contribution >= 0.6 is 11.8 Å². The smallest absolute Gasteiger partial charge is 0.119 e. The summed E-state index contributed by atoms with van der Waals surface area (Å²) in [5.74, 6) is 1.76. The van der Waals surface area contributed by atoms with Crippen molar-refractivity contribution < 1.29 is 9.84 Å². The average molecular weight is 274 g/mol. The monoisotopic (exact) mass is 274 g/mol. The van der Waals surface area contributed by atoms with E-state index in [0.29, 0.717) is 6.61 Å². The zero-order valence-electron chi connectivity index (χ0n) is 11.0. The Balaban J connectivity index is 1.74. The second-order valence-corrected chi connectivity index (χ2v) is 5.42. The Bertz CT molecular complexity index is 480. The lowest BCUT2D eigenvalue weighted by Gasteiger charge is -2.08. The van der Waals surface area contributed by atoms with E-state index in [9.17, 15) is 5.11 Å². The highest BCUT2D eigenvalue weighted by atomic mass is 32.2. The fourth-order valence-corrected chi connectivity index (χ4v) is 2.43. The summed E-state index contributed by atoms with van der Waals surface area (Å²) >= 11 is 1.78. The van der Waals surface area contributed by atoms with E-state index in [-0.39, 0.29) is 0 Å². The first-order valence-corrected chi connectivity index (χ1v) is 7.33. The lowest BCUT2D eigenvalue weighted by Crippen LogP contribution is -2.00. The Morgan fingerprint density at radius 3 is 2.37 bits per heavy atom. The van der Waals surface area contributed by atoms with E-state index >= 15 is 0 Å². The van der Waals surface area contributed by atoms with E-state index in [4.69, 9.17) is 4.74 Å². The fourth-order valence-electron chi connectivity index (χ4n) is 1.68. The summed E-state index contributed by atoms with van der Waals surface area (Å²) in [7, 11) is 0. The molecule has 2 rings (SSSR count). The Labute approximate surface area is 118 Å². The van der Waals surface area contributed by atoms with Gasteiger partial charge in [-0.1, -0.05) is 30.3 Å². The molecule has 0 fully saturated rings. The topological polar surface area (TPSA) is 29.5 Å². The Kier molecular flexibility index (Phi) is 5.31. The summed E-state index contributed by atoms with van der Waals surface area (Å²) in [5, 5.41) is 9.41. The summed E-state index contributed by atoms with van der Waals surface area (Å²) in [5.41, 5.74) is 0.908. The molecule has 3 heteroatoms. The van der Waals surface area contributed by atoms with Crippen molar-refractivity contribution in [1.82, 2.24) is 0 Å². The number of thioether (sulfide) groups is 1. The van der Waals surface area contributed by atoms with Gasteiger partial charge in [0.15, 0.2) is 0 Å². The van der Waals surface area contributed by atoms with Crippen LogP contribution < -0.4 is 4.74 Å². The molecule has 19 heavy (non-hydrogen) atoms. The largest absolute Gasteiger partial charge is 0.493 e. The van der Waals surface area contributed by atoms with Gasteiger partial charge in [0.1, 0.15) is 5.75 Å². The molecule has 1 N–H and O–H groups in total. The fraction of sp³-hybridized carbons (Fsp3) is 0.250. The van der Waals surface area contributed by atoms with Crippen LogP contribution in [0.1, 0.15) is 18.6 Å². The Hall–Kier alpha value is -1.45. The zero-order chi connectivity index (χ0) is 13.5. The maximum atomic E-state index is 9.41. The van der Waals surface area contributed by atoms with Gasteiger partial charge in [0.25, 0.3) is 0 Å². The minimum Gasteiger partial charge on any atom is -0.493 e. The number of hydrogen-bond donors (Lipinski definition) is 1. The van der Waals surface area contributed by atoms with Gasteiger partial charge in [-0.3, -0.25) is 0 Å². The van der Waals surface area contributed by atoms with Crippen LogP contribution in [-0.2, 0) is 0 Å². The molecule has 0 spiro atoms. The third-order valence-electron chi connectivity index (χ3n) is 2.73. The molecule has 0 aromatic heterocycles. The van der Waals surface area contributed by atoms with Crippen molar-refractivity contribution in [3.8, 4) is 5.75 Å². The molecular formula is C16H18O2S. The van der Waals surface area contributed by atoms with Gasteiger partial charge in [0.05, 0.1) is 12.7 Å². The number of aliphatic hydroxyl groups excluding tert-OH is 1. The molecule has 0 aliphatic heterocycles. The van der Waals surface area contributed by atoms with E-state index in [1.54, 1.807) is 18.7 Å². The highest BCUT2D eigenvalue weighted by molar-refractivity contribution is 7.99. The van der Waals surface area contributed by atoms with Crippen LogP contribution in [0.2, 0.25) is 0 Å². The van der Waals surface area contributed by atoms with Crippen molar-refractivity contribution in [3.63, 3.8) is 0 Å². The SMILES string of the molecule is C[C@H](O)c1ccc(OCCSc2ccccc2)cc1. The third kappa shape index (κ3) is 4.62. The van der Waals surface area contributed by atoms with Gasteiger partial charge < -0.3 is 9.84 Å². The summed E-state index contributed by atoms with van der Waals surface area (Å²) in [4.78, 5) is 1.26. The molecule has 2 nitrogen and oxygen atoms in total. The molecule has 1 atom stereocenters. The highest BCUT2D eigenvalue weighted by Crippen LogP contribution is 2.19. The van der Waals surface area contributed by atoms with Gasteiger partial charge in [0, 0.05) is 10.6 Å². The predicted molar refractivity (Wildman–Crippen MR) is 79.7 cm³/mol. The highest BCUT2D eigenvalue weighted by Gasteiger charge is 2.00. The summed E-state index contributed by atoms with van der Waals surface area (Å²) in [6.45, 7) is 2.43. The van der Waals surface area contributed by atoms with Crippen LogP contribution in [-0.4, -0.2) is 17.5 Å². The van der Waals surface area contributed by atoms with Crippen molar-refractivity contribution in [3.05, 3.63) is 60.2 Å². The predicted octanol–water partition coefficient (Wildman–Crippen LogP) is 3.91. The van der Waals surface area contributed by atoms with E-state index in [1.165, 1.54) is 4.90 Å². The lowest BCUT2D eigenvalue weighted by atomic mass is 10.1. The van der Waals surface area contributed by atoms with E-state index < -0.39 is 6.10 Å².